The van der Waals surface area contributed by atoms with E-state index in [4.69, 9.17) is 18.9 Å². The second kappa shape index (κ2) is 13.5. The highest BCUT2D eigenvalue weighted by molar-refractivity contribution is 8.18. The normalized spacial score (nSPS) is 15.2. The second-order valence-corrected chi connectivity index (χ2v) is 8.57. The molecule has 3 rings (SSSR count). The summed E-state index contributed by atoms with van der Waals surface area (Å²) in [4.78, 5) is 43.5. The molecule has 196 valence electrons. The fraction of sp³-hybridized carbons (Fsp3) is 0.333. The van der Waals surface area contributed by atoms with Gasteiger partial charge in [0, 0.05) is 6.54 Å². The molecule has 0 radical (unpaired) electrons. The van der Waals surface area contributed by atoms with Gasteiger partial charge >= 0.3 is 11.9 Å². The van der Waals surface area contributed by atoms with Crippen LogP contribution in [0.4, 0.5) is 5.69 Å². The van der Waals surface area contributed by atoms with Gasteiger partial charge in [0.15, 0.2) is 23.3 Å². The molecule has 0 bridgehead atoms. The van der Waals surface area contributed by atoms with Crippen molar-refractivity contribution in [1.29, 1.82) is 0 Å². The number of hydrogen-bond acceptors (Lipinski definition) is 9. The van der Waals surface area contributed by atoms with Crippen LogP contribution in [-0.2, 0) is 19.1 Å². The van der Waals surface area contributed by atoms with Gasteiger partial charge in [-0.25, -0.2) is 14.6 Å². The molecule has 0 atom stereocenters. The average Bonchev–Trinajstić information content (AvgIpc) is 3.17. The highest BCUT2D eigenvalue weighted by Crippen LogP contribution is 2.36. The van der Waals surface area contributed by atoms with Gasteiger partial charge in [-0.3, -0.25) is 9.69 Å². The maximum absolute atomic E-state index is 13.1. The first-order valence-electron chi connectivity index (χ1n) is 12.0. The maximum Gasteiger partial charge on any atom is 0.344 e. The van der Waals surface area contributed by atoms with Gasteiger partial charge in [0.1, 0.15) is 0 Å². The van der Waals surface area contributed by atoms with Crippen LogP contribution in [0, 0.1) is 0 Å². The largest absolute Gasteiger partial charge is 0.490 e. The number of aliphatic imine (C=N–C) groups is 1. The van der Waals surface area contributed by atoms with Crippen LogP contribution >= 0.6 is 11.8 Å². The van der Waals surface area contributed by atoms with E-state index in [9.17, 15) is 14.4 Å². The standard InChI is InChI=1S/C27H30N2O7S/c1-5-29-25(31)23(37-27(29)28-20-11-9-10-19(16-20)26(32)35-8-4)15-18-12-13-21(22(14-18)33-6-2)36-17-24(30)34-7-3/h9-16H,5-8,17H2,1-4H3. The van der Waals surface area contributed by atoms with E-state index in [0.29, 0.717) is 46.0 Å². The number of thioether (sulfide) groups is 1. The maximum atomic E-state index is 13.1. The fourth-order valence-corrected chi connectivity index (χ4v) is 4.45. The molecule has 1 aliphatic rings. The molecule has 37 heavy (non-hydrogen) atoms. The smallest absolute Gasteiger partial charge is 0.344 e. The minimum absolute atomic E-state index is 0.173. The van der Waals surface area contributed by atoms with Crippen molar-refractivity contribution < 1.29 is 33.3 Å². The van der Waals surface area contributed by atoms with E-state index in [-0.39, 0.29) is 25.7 Å². The number of esters is 2. The van der Waals surface area contributed by atoms with E-state index in [2.05, 4.69) is 4.99 Å². The lowest BCUT2D eigenvalue weighted by atomic mass is 10.2. The number of hydrogen-bond donors (Lipinski definition) is 0. The van der Waals surface area contributed by atoms with Gasteiger partial charge in [0.05, 0.1) is 36.0 Å². The number of nitrogens with zero attached hydrogens (tertiary/aromatic N) is 2. The lowest BCUT2D eigenvalue weighted by molar-refractivity contribution is -0.145. The molecule has 0 aliphatic carbocycles. The van der Waals surface area contributed by atoms with Crippen LogP contribution in [0.15, 0.2) is 52.4 Å². The second-order valence-electron chi connectivity index (χ2n) is 7.56. The molecule has 1 fully saturated rings. The first-order valence-corrected chi connectivity index (χ1v) is 12.8. The van der Waals surface area contributed by atoms with Crippen molar-refractivity contribution in [2.24, 2.45) is 4.99 Å². The fourth-order valence-electron chi connectivity index (χ4n) is 3.39. The van der Waals surface area contributed by atoms with Crippen LogP contribution < -0.4 is 9.47 Å². The lowest BCUT2D eigenvalue weighted by Crippen LogP contribution is -2.28. The van der Waals surface area contributed by atoms with E-state index in [1.807, 2.05) is 13.8 Å². The van der Waals surface area contributed by atoms with Gasteiger partial charge in [-0.05, 0) is 81.4 Å². The molecular formula is C27H30N2O7S. The Morgan fingerprint density at radius 2 is 1.73 bits per heavy atom. The van der Waals surface area contributed by atoms with Crippen molar-refractivity contribution >= 4 is 46.5 Å². The van der Waals surface area contributed by atoms with Crippen molar-refractivity contribution in [2.75, 3.05) is 33.0 Å². The van der Waals surface area contributed by atoms with Gasteiger partial charge in [0.2, 0.25) is 0 Å². The minimum Gasteiger partial charge on any atom is -0.490 e. The van der Waals surface area contributed by atoms with Crippen molar-refractivity contribution in [3.8, 4) is 11.5 Å². The zero-order chi connectivity index (χ0) is 26.8. The Labute approximate surface area is 220 Å². The predicted octanol–water partition coefficient (Wildman–Crippen LogP) is 4.83. The summed E-state index contributed by atoms with van der Waals surface area (Å²) in [6.07, 6.45) is 1.75. The van der Waals surface area contributed by atoms with Crippen molar-refractivity contribution in [2.45, 2.75) is 27.7 Å². The van der Waals surface area contributed by atoms with Crippen LogP contribution in [0.25, 0.3) is 6.08 Å². The summed E-state index contributed by atoms with van der Waals surface area (Å²) in [5, 5.41) is 0.513. The number of carbonyl (C=O) groups excluding carboxylic acids is 3. The van der Waals surface area contributed by atoms with Crippen LogP contribution in [-0.4, -0.2) is 60.9 Å². The van der Waals surface area contributed by atoms with E-state index in [0.717, 1.165) is 5.56 Å². The molecule has 10 heteroatoms. The molecule has 0 aromatic heterocycles. The Morgan fingerprint density at radius 1 is 0.946 bits per heavy atom. The van der Waals surface area contributed by atoms with Crippen molar-refractivity contribution in [1.82, 2.24) is 4.90 Å². The molecule has 2 aromatic carbocycles. The first kappa shape index (κ1) is 27.8. The van der Waals surface area contributed by atoms with Crippen molar-refractivity contribution in [3.05, 3.63) is 58.5 Å². The lowest BCUT2D eigenvalue weighted by Gasteiger charge is -2.12. The zero-order valence-electron chi connectivity index (χ0n) is 21.3. The summed E-state index contributed by atoms with van der Waals surface area (Å²) in [5.41, 5.74) is 1.66. The monoisotopic (exact) mass is 526 g/mol. The molecule has 0 N–H and O–H groups in total. The van der Waals surface area contributed by atoms with Gasteiger partial charge in [-0.1, -0.05) is 12.1 Å². The molecule has 9 nitrogen and oxygen atoms in total. The molecule has 1 amide bonds. The van der Waals surface area contributed by atoms with Crippen LogP contribution in [0.1, 0.15) is 43.6 Å². The third-order valence-electron chi connectivity index (χ3n) is 5.00. The van der Waals surface area contributed by atoms with Gasteiger partial charge < -0.3 is 18.9 Å². The Hall–Kier alpha value is -3.79. The molecule has 1 heterocycles. The highest BCUT2D eigenvalue weighted by atomic mass is 32.2. The molecule has 0 unspecified atom stereocenters. The summed E-state index contributed by atoms with van der Waals surface area (Å²) in [6.45, 7) is 8.34. The summed E-state index contributed by atoms with van der Waals surface area (Å²) in [5.74, 6) is -0.209. The Morgan fingerprint density at radius 3 is 2.43 bits per heavy atom. The van der Waals surface area contributed by atoms with Crippen LogP contribution in [0.3, 0.4) is 0 Å². The summed E-state index contributed by atoms with van der Waals surface area (Å²) in [7, 11) is 0. The van der Waals surface area contributed by atoms with Gasteiger partial charge in [-0.2, -0.15) is 0 Å². The van der Waals surface area contributed by atoms with Gasteiger partial charge in [-0.15, -0.1) is 0 Å². The molecular weight excluding hydrogens is 496 g/mol. The molecule has 0 saturated carbocycles. The predicted molar refractivity (Wildman–Crippen MR) is 142 cm³/mol. The third kappa shape index (κ3) is 7.36. The van der Waals surface area contributed by atoms with E-state index in [1.54, 1.807) is 67.3 Å². The molecule has 1 aliphatic heterocycles. The Balaban J connectivity index is 1.85. The number of carbonyl (C=O) groups is 3. The Bertz CT molecular complexity index is 1210. The topological polar surface area (TPSA) is 104 Å². The van der Waals surface area contributed by atoms with Crippen LogP contribution in [0.2, 0.25) is 0 Å². The Kier molecular flexibility index (Phi) is 10.1. The zero-order valence-corrected chi connectivity index (χ0v) is 22.1. The quantitative estimate of drug-likeness (QED) is 0.303. The first-order chi connectivity index (χ1) is 17.9. The SMILES string of the molecule is CCOC(=O)COc1ccc(C=C2SC(=Nc3cccc(C(=O)OCC)c3)N(CC)C2=O)cc1OCC. The van der Waals surface area contributed by atoms with E-state index < -0.39 is 11.9 Å². The number of benzene rings is 2. The molecule has 2 aromatic rings. The summed E-state index contributed by atoms with van der Waals surface area (Å²) >= 11 is 1.25. The number of ether oxygens (including phenoxy) is 4. The average molecular weight is 527 g/mol. The van der Waals surface area contributed by atoms with Gasteiger partial charge in [0.25, 0.3) is 5.91 Å². The summed E-state index contributed by atoms with van der Waals surface area (Å²) < 4.78 is 21.2. The number of rotatable bonds is 11. The highest BCUT2D eigenvalue weighted by Gasteiger charge is 2.32. The van der Waals surface area contributed by atoms with Crippen LogP contribution in [0.5, 0.6) is 11.5 Å². The number of amidine groups is 1. The number of amides is 1. The third-order valence-corrected chi connectivity index (χ3v) is 6.01. The van der Waals surface area contributed by atoms with E-state index in [1.165, 1.54) is 11.8 Å². The molecule has 0 spiro atoms. The molecule has 1 saturated heterocycles. The van der Waals surface area contributed by atoms with Crippen molar-refractivity contribution in [3.63, 3.8) is 0 Å². The van der Waals surface area contributed by atoms with E-state index >= 15 is 0 Å². The number of likely N-dealkylation sites (N-methyl/N-ethyl adjacent to an activating group) is 1. The minimum atomic E-state index is -0.469. The summed E-state index contributed by atoms with van der Waals surface area (Å²) in [6, 6.07) is 12.0.